The molecule has 1 aliphatic rings. The second-order valence-electron chi connectivity index (χ2n) is 5.89. The van der Waals surface area contributed by atoms with Gasteiger partial charge in [0, 0.05) is 11.6 Å². The number of methoxy groups -OCH3 is 1. The SMILES string of the molecule is COC(=C(C#N)C#N)c1ccc(OC2OC(CO)C(O)C(O)C2O)c([N+](=O)[O-])c1. The van der Waals surface area contributed by atoms with Crippen LogP contribution in [-0.4, -0.2) is 69.8 Å². The Hall–Kier alpha value is -3.26. The van der Waals surface area contributed by atoms with Crippen LogP contribution in [0.2, 0.25) is 0 Å². The molecule has 0 amide bonds. The van der Waals surface area contributed by atoms with Crippen molar-refractivity contribution in [3.63, 3.8) is 0 Å². The maximum atomic E-state index is 11.5. The first-order valence-corrected chi connectivity index (χ1v) is 8.13. The summed E-state index contributed by atoms with van der Waals surface area (Å²) in [5.41, 5.74) is -0.952. The number of hydrogen-bond donors (Lipinski definition) is 4. The highest BCUT2D eigenvalue weighted by atomic mass is 16.7. The summed E-state index contributed by atoms with van der Waals surface area (Å²) in [6, 6.07) is 6.64. The molecular formula is C17H17N3O9. The molecule has 0 aliphatic carbocycles. The third-order valence-electron chi connectivity index (χ3n) is 4.16. The smallest absolute Gasteiger partial charge is 0.311 e. The van der Waals surface area contributed by atoms with Crippen LogP contribution in [-0.2, 0) is 9.47 Å². The largest absolute Gasteiger partial charge is 0.494 e. The molecule has 5 atom stereocenters. The van der Waals surface area contributed by atoms with Crippen LogP contribution in [0.15, 0.2) is 23.8 Å². The van der Waals surface area contributed by atoms with Crippen molar-refractivity contribution < 1.29 is 39.6 Å². The second kappa shape index (κ2) is 9.29. The van der Waals surface area contributed by atoms with E-state index in [2.05, 4.69) is 0 Å². The molecule has 154 valence electrons. The van der Waals surface area contributed by atoms with Crippen LogP contribution in [0.25, 0.3) is 5.76 Å². The lowest BCUT2D eigenvalue weighted by atomic mass is 9.99. The normalized spacial score (nSPS) is 26.0. The lowest BCUT2D eigenvalue weighted by molar-refractivity contribution is -0.387. The number of ether oxygens (including phenoxy) is 3. The number of nitrogens with zero attached hydrogens (tertiary/aromatic N) is 3. The first-order chi connectivity index (χ1) is 13.8. The van der Waals surface area contributed by atoms with Gasteiger partial charge >= 0.3 is 5.69 Å². The van der Waals surface area contributed by atoms with E-state index in [1.54, 1.807) is 12.1 Å². The van der Waals surface area contributed by atoms with Gasteiger partial charge in [-0.15, -0.1) is 0 Å². The third-order valence-corrected chi connectivity index (χ3v) is 4.16. The molecule has 0 saturated carbocycles. The van der Waals surface area contributed by atoms with Gasteiger partial charge in [-0.05, 0) is 12.1 Å². The highest BCUT2D eigenvalue weighted by Gasteiger charge is 2.45. The number of nitro groups is 1. The van der Waals surface area contributed by atoms with Crippen molar-refractivity contribution in [2.75, 3.05) is 13.7 Å². The van der Waals surface area contributed by atoms with Crippen LogP contribution in [0.3, 0.4) is 0 Å². The predicted octanol–water partition coefficient (Wildman–Crippen LogP) is -0.822. The van der Waals surface area contributed by atoms with Gasteiger partial charge in [-0.1, -0.05) is 0 Å². The second-order valence-corrected chi connectivity index (χ2v) is 5.89. The molecule has 1 fully saturated rings. The number of benzene rings is 1. The van der Waals surface area contributed by atoms with E-state index >= 15 is 0 Å². The predicted molar refractivity (Wildman–Crippen MR) is 92.6 cm³/mol. The maximum Gasteiger partial charge on any atom is 0.311 e. The van der Waals surface area contributed by atoms with Crippen LogP contribution < -0.4 is 4.74 Å². The van der Waals surface area contributed by atoms with E-state index in [4.69, 9.17) is 24.7 Å². The molecule has 1 aliphatic heterocycles. The van der Waals surface area contributed by atoms with Crippen molar-refractivity contribution in [1.82, 2.24) is 0 Å². The van der Waals surface area contributed by atoms with Crippen molar-refractivity contribution >= 4 is 11.4 Å². The number of aliphatic hydroxyl groups excluding tert-OH is 4. The molecule has 1 heterocycles. The summed E-state index contributed by atoms with van der Waals surface area (Å²) in [4.78, 5) is 10.6. The molecule has 4 N–H and O–H groups in total. The summed E-state index contributed by atoms with van der Waals surface area (Å²) in [6.07, 6.45) is -7.97. The number of nitriles is 2. The van der Waals surface area contributed by atoms with E-state index in [9.17, 15) is 30.5 Å². The van der Waals surface area contributed by atoms with Crippen molar-refractivity contribution in [3.05, 3.63) is 39.4 Å². The fraction of sp³-hybridized carbons (Fsp3) is 0.412. The average molecular weight is 407 g/mol. The van der Waals surface area contributed by atoms with Crippen LogP contribution in [0, 0.1) is 32.8 Å². The zero-order valence-corrected chi connectivity index (χ0v) is 15.0. The topological polar surface area (TPSA) is 199 Å². The Morgan fingerprint density at radius 1 is 1.24 bits per heavy atom. The number of allylic oxidation sites excluding steroid dienone is 1. The van der Waals surface area contributed by atoms with E-state index in [-0.39, 0.29) is 17.1 Å². The molecule has 12 nitrogen and oxygen atoms in total. The Kier molecular flexibility index (Phi) is 7.06. The molecule has 2 rings (SSSR count). The molecule has 0 radical (unpaired) electrons. The average Bonchev–Trinajstić information content (AvgIpc) is 2.72. The standard InChI is InChI=1S/C17H17N3O9/c1-27-16(9(5-18)6-19)8-2-3-11(10(4-8)20(25)26)28-17-15(24)14(23)13(22)12(7-21)29-17/h2-4,12-15,17,21-24H,7H2,1H3. The molecule has 1 aromatic carbocycles. The number of aliphatic hydroxyl groups is 4. The summed E-state index contributed by atoms with van der Waals surface area (Å²) in [7, 11) is 1.19. The minimum atomic E-state index is -1.76. The number of rotatable bonds is 6. The first kappa shape index (κ1) is 22.0. The minimum Gasteiger partial charge on any atom is -0.494 e. The van der Waals surface area contributed by atoms with E-state index in [0.29, 0.717) is 0 Å². The Morgan fingerprint density at radius 3 is 2.41 bits per heavy atom. The van der Waals surface area contributed by atoms with Crippen LogP contribution in [0.5, 0.6) is 5.75 Å². The number of nitro benzene ring substituents is 1. The monoisotopic (exact) mass is 407 g/mol. The van der Waals surface area contributed by atoms with Crippen molar-refractivity contribution in [3.8, 4) is 17.9 Å². The molecule has 12 heteroatoms. The van der Waals surface area contributed by atoms with E-state index in [1.165, 1.54) is 13.2 Å². The molecule has 0 bridgehead atoms. The summed E-state index contributed by atoms with van der Waals surface area (Å²) in [5.74, 6) is -0.550. The highest BCUT2D eigenvalue weighted by Crippen LogP contribution is 2.34. The lowest BCUT2D eigenvalue weighted by Crippen LogP contribution is -2.60. The number of hydrogen-bond acceptors (Lipinski definition) is 11. The van der Waals surface area contributed by atoms with Gasteiger partial charge in [0.15, 0.2) is 17.1 Å². The molecule has 0 spiro atoms. The van der Waals surface area contributed by atoms with Gasteiger partial charge in [0.1, 0.15) is 36.6 Å². The molecule has 1 aromatic rings. The lowest BCUT2D eigenvalue weighted by Gasteiger charge is -2.39. The summed E-state index contributed by atoms with van der Waals surface area (Å²) >= 11 is 0. The Morgan fingerprint density at radius 2 is 1.90 bits per heavy atom. The van der Waals surface area contributed by atoms with Gasteiger partial charge in [0.25, 0.3) is 0 Å². The zero-order valence-electron chi connectivity index (χ0n) is 15.0. The zero-order chi connectivity index (χ0) is 21.7. The fourth-order valence-corrected chi connectivity index (χ4v) is 2.68. The van der Waals surface area contributed by atoms with Gasteiger partial charge in [0.2, 0.25) is 6.29 Å². The quantitative estimate of drug-likeness (QED) is 0.199. The molecule has 5 unspecified atom stereocenters. The summed E-state index contributed by atoms with van der Waals surface area (Å²) in [5, 5.41) is 68.2. The van der Waals surface area contributed by atoms with Gasteiger partial charge in [-0.3, -0.25) is 10.1 Å². The Bertz CT molecular complexity index is 871. The van der Waals surface area contributed by atoms with Crippen LogP contribution in [0.1, 0.15) is 5.56 Å². The van der Waals surface area contributed by atoms with Crippen molar-refractivity contribution in [2.45, 2.75) is 30.7 Å². The Balaban J connectivity index is 2.42. The minimum absolute atomic E-state index is 0.0541. The van der Waals surface area contributed by atoms with E-state index in [1.807, 2.05) is 0 Å². The summed E-state index contributed by atoms with van der Waals surface area (Å²) < 4.78 is 15.5. The van der Waals surface area contributed by atoms with Crippen molar-refractivity contribution in [2.24, 2.45) is 0 Å². The highest BCUT2D eigenvalue weighted by molar-refractivity contribution is 5.73. The van der Waals surface area contributed by atoms with Gasteiger partial charge in [0.05, 0.1) is 18.6 Å². The van der Waals surface area contributed by atoms with Gasteiger partial charge < -0.3 is 34.6 Å². The third kappa shape index (κ3) is 4.43. The Labute approximate surface area is 164 Å². The van der Waals surface area contributed by atoms with Crippen LogP contribution in [0.4, 0.5) is 5.69 Å². The van der Waals surface area contributed by atoms with E-state index < -0.39 is 53.5 Å². The van der Waals surface area contributed by atoms with Gasteiger partial charge in [-0.2, -0.15) is 10.5 Å². The molecule has 29 heavy (non-hydrogen) atoms. The van der Waals surface area contributed by atoms with Crippen molar-refractivity contribution in [1.29, 1.82) is 10.5 Å². The molecular weight excluding hydrogens is 390 g/mol. The fourth-order valence-electron chi connectivity index (χ4n) is 2.68. The summed E-state index contributed by atoms with van der Waals surface area (Å²) in [6.45, 7) is -0.696. The molecule has 1 saturated heterocycles. The van der Waals surface area contributed by atoms with Gasteiger partial charge in [-0.25, -0.2) is 0 Å². The molecule has 0 aromatic heterocycles. The van der Waals surface area contributed by atoms with E-state index in [0.717, 1.165) is 12.1 Å². The first-order valence-electron chi connectivity index (χ1n) is 8.13. The van der Waals surface area contributed by atoms with Crippen LogP contribution >= 0.6 is 0 Å². The maximum absolute atomic E-state index is 11.5.